The minimum atomic E-state index is -0.116. The van der Waals surface area contributed by atoms with E-state index in [1.165, 1.54) is 11.3 Å². The van der Waals surface area contributed by atoms with Crippen LogP contribution in [0.1, 0.15) is 12.8 Å². The van der Waals surface area contributed by atoms with E-state index in [-0.39, 0.29) is 11.8 Å². The Balaban J connectivity index is 1.29. The van der Waals surface area contributed by atoms with Gasteiger partial charge in [-0.25, -0.2) is 15.0 Å². The van der Waals surface area contributed by atoms with Crippen molar-refractivity contribution in [1.29, 1.82) is 0 Å². The van der Waals surface area contributed by atoms with Gasteiger partial charge in [-0.3, -0.25) is 4.79 Å². The number of nitrogens with zero attached hydrogens (tertiary/aromatic N) is 4. The van der Waals surface area contributed by atoms with Gasteiger partial charge in [0.15, 0.2) is 5.13 Å². The molecule has 1 saturated heterocycles. The summed E-state index contributed by atoms with van der Waals surface area (Å²) in [6.07, 6.45) is 3.36. The number of para-hydroxylation sites is 1. The zero-order chi connectivity index (χ0) is 21.9. The molecule has 8 heteroatoms. The lowest BCUT2D eigenvalue weighted by Crippen LogP contribution is -2.41. The molecular formula is C24H23N5O2S. The first-order valence-corrected chi connectivity index (χ1v) is 11.4. The third kappa shape index (κ3) is 4.27. The number of rotatable bonds is 5. The number of aromatic nitrogens is 3. The molecule has 2 aromatic carbocycles. The van der Waals surface area contributed by atoms with Crippen LogP contribution < -0.4 is 15.0 Å². The van der Waals surface area contributed by atoms with Crippen molar-refractivity contribution in [2.75, 3.05) is 30.4 Å². The van der Waals surface area contributed by atoms with E-state index in [2.05, 4.69) is 25.2 Å². The van der Waals surface area contributed by atoms with E-state index in [9.17, 15) is 4.79 Å². The number of hydrogen-bond donors (Lipinski definition) is 1. The standard InChI is InChI=1S/C24H23N5O2S/c1-31-18-10-8-16(9-11-18)20-13-22(26-15-25-20)29-12-4-5-17(14-29)23(30)28-24-27-19-6-2-3-7-21(19)32-24/h2-3,6-11,13,15,17H,4-5,12,14H2,1H3,(H,27,28,30)/t17-/m1/s1. The summed E-state index contributed by atoms with van der Waals surface area (Å²) in [4.78, 5) is 28.6. The molecule has 4 aromatic rings. The first-order valence-electron chi connectivity index (χ1n) is 10.6. The summed E-state index contributed by atoms with van der Waals surface area (Å²) in [7, 11) is 1.65. The average molecular weight is 446 g/mol. The van der Waals surface area contributed by atoms with Gasteiger partial charge in [0.25, 0.3) is 0 Å². The number of carbonyl (C=O) groups is 1. The molecule has 1 N–H and O–H groups in total. The Morgan fingerprint density at radius 1 is 1.16 bits per heavy atom. The molecule has 2 aromatic heterocycles. The summed E-state index contributed by atoms with van der Waals surface area (Å²) >= 11 is 1.50. The molecule has 162 valence electrons. The zero-order valence-corrected chi connectivity index (χ0v) is 18.5. The van der Waals surface area contributed by atoms with E-state index in [1.807, 2.05) is 54.6 Å². The van der Waals surface area contributed by atoms with E-state index < -0.39 is 0 Å². The van der Waals surface area contributed by atoms with Gasteiger partial charge in [-0.1, -0.05) is 23.5 Å². The fourth-order valence-electron chi connectivity index (χ4n) is 3.97. The van der Waals surface area contributed by atoms with Crippen LogP contribution in [0.25, 0.3) is 21.5 Å². The van der Waals surface area contributed by atoms with Gasteiger partial charge in [0, 0.05) is 24.7 Å². The predicted octanol–water partition coefficient (Wildman–Crippen LogP) is 4.62. The van der Waals surface area contributed by atoms with E-state index in [0.717, 1.165) is 52.4 Å². The molecule has 0 bridgehead atoms. The summed E-state index contributed by atoms with van der Waals surface area (Å²) < 4.78 is 6.30. The van der Waals surface area contributed by atoms with Gasteiger partial charge in [-0.15, -0.1) is 0 Å². The topological polar surface area (TPSA) is 80.2 Å². The molecule has 1 aliphatic heterocycles. The van der Waals surface area contributed by atoms with E-state index in [0.29, 0.717) is 11.7 Å². The summed E-state index contributed by atoms with van der Waals surface area (Å²) in [5.74, 6) is 1.54. The number of anilines is 2. The molecule has 5 rings (SSSR count). The first-order chi connectivity index (χ1) is 15.7. The number of hydrogen-bond acceptors (Lipinski definition) is 7. The van der Waals surface area contributed by atoms with Crippen molar-refractivity contribution in [2.24, 2.45) is 5.92 Å². The molecule has 1 fully saturated rings. The van der Waals surface area contributed by atoms with Gasteiger partial charge in [-0.2, -0.15) is 0 Å². The van der Waals surface area contributed by atoms with Crippen LogP contribution in [0.5, 0.6) is 5.75 Å². The molecule has 1 atom stereocenters. The maximum atomic E-state index is 13.0. The van der Waals surface area contributed by atoms with Crippen molar-refractivity contribution in [3.05, 3.63) is 60.9 Å². The number of nitrogens with one attached hydrogen (secondary N) is 1. The third-order valence-electron chi connectivity index (χ3n) is 5.68. The van der Waals surface area contributed by atoms with E-state index >= 15 is 0 Å². The van der Waals surface area contributed by atoms with Crippen molar-refractivity contribution in [3.63, 3.8) is 0 Å². The highest BCUT2D eigenvalue weighted by atomic mass is 32.1. The summed E-state index contributed by atoms with van der Waals surface area (Å²) in [5, 5.41) is 3.67. The minimum Gasteiger partial charge on any atom is -0.497 e. The Morgan fingerprint density at radius 3 is 2.81 bits per heavy atom. The number of benzene rings is 2. The Kier molecular flexibility index (Phi) is 5.68. The fourth-order valence-corrected chi connectivity index (χ4v) is 4.84. The Labute approximate surface area is 190 Å². The Morgan fingerprint density at radius 2 is 2.00 bits per heavy atom. The van der Waals surface area contributed by atoms with Gasteiger partial charge >= 0.3 is 0 Å². The third-order valence-corrected chi connectivity index (χ3v) is 6.63. The van der Waals surface area contributed by atoms with Gasteiger partial charge in [0.05, 0.1) is 28.9 Å². The van der Waals surface area contributed by atoms with Crippen molar-refractivity contribution in [1.82, 2.24) is 15.0 Å². The number of amides is 1. The first kappa shape index (κ1) is 20.4. The second-order valence-corrected chi connectivity index (χ2v) is 8.78. The molecule has 1 amide bonds. The van der Waals surface area contributed by atoms with E-state index in [4.69, 9.17) is 4.74 Å². The lowest BCUT2D eigenvalue weighted by atomic mass is 9.97. The maximum Gasteiger partial charge on any atom is 0.231 e. The lowest BCUT2D eigenvalue weighted by Gasteiger charge is -2.32. The largest absolute Gasteiger partial charge is 0.497 e. The van der Waals surface area contributed by atoms with Crippen LogP contribution >= 0.6 is 11.3 Å². The van der Waals surface area contributed by atoms with Crippen molar-refractivity contribution in [2.45, 2.75) is 12.8 Å². The number of fused-ring (bicyclic) bond motifs is 1. The quantitative estimate of drug-likeness (QED) is 0.483. The predicted molar refractivity (Wildman–Crippen MR) is 127 cm³/mol. The highest BCUT2D eigenvalue weighted by Gasteiger charge is 2.27. The van der Waals surface area contributed by atoms with Gasteiger partial charge in [-0.05, 0) is 49.2 Å². The van der Waals surface area contributed by atoms with Crippen molar-refractivity contribution < 1.29 is 9.53 Å². The van der Waals surface area contributed by atoms with Crippen LogP contribution in [-0.2, 0) is 4.79 Å². The number of thiazole rings is 1. The molecule has 0 aliphatic carbocycles. The highest BCUT2D eigenvalue weighted by molar-refractivity contribution is 7.22. The number of ether oxygens (including phenoxy) is 1. The zero-order valence-electron chi connectivity index (χ0n) is 17.7. The smallest absolute Gasteiger partial charge is 0.231 e. The molecule has 0 radical (unpaired) electrons. The minimum absolute atomic E-state index is 0.0122. The van der Waals surface area contributed by atoms with Gasteiger partial charge in [0.1, 0.15) is 17.9 Å². The van der Waals surface area contributed by atoms with Gasteiger partial charge < -0.3 is 15.0 Å². The summed E-state index contributed by atoms with van der Waals surface area (Å²) in [5.41, 5.74) is 2.75. The Hall–Kier alpha value is -3.52. The second kappa shape index (κ2) is 8.92. The summed E-state index contributed by atoms with van der Waals surface area (Å²) in [6, 6.07) is 17.7. The number of carbonyl (C=O) groups excluding carboxylic acids is 1. The lowest BCUT2D eigenvalue weighted by molar-refractivity contribution is -0.120. The highest BCUT2D eigenvalue weighted by Crippen LogP contribution is 2.29. The van der Waals surface area contributed by atoms with Crippen LogP contribution in [-0.4, -0.2) is 41.1 Å². The van der Waals surface area contributed by atoms with Crippen LogP contribution in [0.3, 0.4) is 0 Å². The molecule has 0 unspecified atom stereocenters. The van der Waals surface area contributed by atoms with Gasteiger partial charge in [0.2, 0.25) is 5.91 Å². The van der Waals surface area contributed by atoms with E-state index in [1.54, 1.807) is 13.4 Å². The maximum absolute atomic E-state index is 13.0. The molecular weight excluding hydrogens is 422 g/mol. The SMILES string of the molecule is COc1ccc(-c2cc(N3CCC[C@@H](C(=O)Nc4nc5ccccc5s4)C3)ncn2)cc1. The number of methoxy groups -OCH3 is 1. The number of piperidine rings is 1. The van der Waals surface area contributed by atoms with Crippen LogP contribution in [0.2, 0.25) is 0 Å². The van der Waals surface area contributed by atoms with Crippen LogP contribution in [0.15, 0.2) is 60.9 Å². The van der Waals surface area contributed by atoms with Crippen LogP contribution in [0, 0.1) is 5.92 Å². The molecule has 1 aliphatic rings. The van der Waals surface area contributed by atoms with Crippen molar-refractivity contribution in [3.8, 4) is 17.0 Å². The Bertz CT molecular complexity index is 1210. The molecule has 3 heterocycles. The molecule has 32 heavy (non-hydrogen) atoms. The average Bonchev–Trinajstić information content (AvgIpc) is 3.26. The molecule has 0 saturated carbocycles. The normalized spacial score (nSPS) is 16.2. The molecule has 0 spiro atoms. The fraction of sp³-hybridized carbons (Fsp3) is 0.250. The summed E-state index contributed by atoms with van der Waals surface area (Å²) in [6.45, 7) is 1.49. The second-order valence-electron chi connectivity index (χ2n) is 7.75. The monoisotopic (exact) mass is 445 g/mol. The molecule has 7 nitrogen and oxygen atoms in total. The van der Waals surface area contributed by atoms with Crippen molar-refractivity contribution >= 4 is 38.4 Å². The van der Waals surface area contributed by atoms with Crippen LogP contribution in [0.4, 0.5) is 10.9 Å².